The molecule has 21 heavy (non-hydrogen) atoms. The molecule has 1 heterocycles. The quantitative estimate of drug-likeness (QED) is 0.820. The van der Waals surface area contributed by atoms with Crippen LogP contribution in [0.15, 0.2) is 0 Å². The molecule has 0 bridgehead atoms. The largest absolute Gasteiger partial charge is 0.338 e. The molecule has 1 aliphatic heterocycles. The first-order valence-corrected chi connectivity index (χ1v) is 9.51. The van der Waals surface area contributed by atoms with Gasteiger partial charge in [-0.05, 0) is 44.4 Å². The predicted octanol–water partition coefficient (Wildman–Crippen LogP) is 1.35. The van der Waals surface area contributed by atoms with Gasteiger partial charge in [0.25, 0.3) is 0 Å². The highest BCUT2D eigenvalue weighted by atomic mass is 35.5. The van der Waals surface area contributed by atoms with Crippen LogP contribution in [0.1, 0.15) is 45.4 Å². The molecule has 2 aliphatic rings. The fourth-order valence-electron chi connectivity index (χ4n) is 3.34. The number of likely N-dealkylation sites (tertiary alicyclic amines) is 1. The lowest BCUT2D eigenvalue weighted by atomic mass is 9.95. The maximum absolute atomic E-state index is 12.5. The van der Waals surface area contributed by atoms with Crippen LogP contribution in [0.4, 0.5) is 0 Å². The van der Waals surface area contributed by atoms with Gasteiger partial charge in [-0.1, -0.05) is 0 Å². The van der Waals surface area contributed by atoms with Crippen LogP contribution in [-0.2, 0) is 14.6 Å². The second-order valence-electron chi connectivity index (χ2n) is 6.76. The molecule has 7 heteroatoms. The van der Waals surface area contributed by atoms with Crippen LogP contribution in [0.25, 0.3) is 0 Å². The molecule has 0 radical (unpaired) electrons. The van der Waals surface area contributed by atoms with Crippen molar-refractivity contribution in [3.8, 4) is 0 Å². The van der Waals surface area contributed by atoms with E-state index in [4.69, 9.17) is 5.73 Å². The number of amides is 1. The number of hydrogen-bond donors (Lipinski definition) is 1. The summed E-state index contributed by atoms with van der Waals surface area (Å²) in [6.07, 6.45) is 6.42. The summed E-state index contributed by atoms with van der Waals surface area (Å²) in [7, 11) is -3.02. The smallest absolute Gasteiger partial charge is 0.223 e. The number of nitrogens with two attached hydrogens (primary N) is 1. The SMILES string of the molecule is CC(N)C1CCCCN1C(=O)CC1(CS(C)(=O)=O)CC1.Cl. The van der Waals surface area contributed by atoms with Gasteiger partial charge in [0.1, 0.15) is 9.84 Å². The van der Waals surface area contributed by atoms with Gasteiger partial charge in [0.05, 0.1) is 5.75 Å². The molecule has 1 aliphatic carbocycles. The average molecular weight is 339 g/mol. The molecule has 0 aromatic heterocycles. The molecule has 1 saturated heterocycles. The third-order valence-corrected chi connectivity index (χ3v) is 5.66. The van der Waals surface area contributed by atoms with Gasteiger partial charge in [-0.25, -0.2) is 8.42 Å². The zero-order chi connectivity index (χ0) is 15.0. The summed E-state index contributed by atoms with van der Waals surface area (Å²) in [6.45, 7) is 2.71. The number of halogens is 1. The van der Waals surface area contributed by atoms with Crippen molar-refractivity contribution in [1.29, 1.82) is 0 Å². The van der Waals surface area contributed by atoms with Crippen molar-refractivity contribution >= 4 is 28.2 Å². The third kappa shape index (κ3) is 5.11. The van der Waals surface area contributed by atoms with Crippen molar-refractivity contribution in [2.75, 3.05) is 18.6 Å². The Kier molecular flexibility index (Phi) is 6.09. The summed E-state index contributed by atoms with van der Waals surface area (Å²) in [5, 5.41) is 0. The Labute approximate surface area is 134 Å². The Morgan fingerprint density at radius 2 is 2.00 bits per heavy atom. The number of carbonyl (C=O) groups is 1. The van der Waals surface area contributed by atoms with E-state index >= 15 is 0 Å². The molecule has 0 aromatic carbocycles. The van der Waals surface area contributed by atoms with Crippen LogP contribution in [0.3, 0.4) is 0 Å². The molecule has 2 rings (SSSR count). The summed E-state index contributed by atoms with van der Waals surface area (Å²) in [5.74, 6) is 0.232. The van der Waals surface area contributed by atoms with E-state index in [1.54, 1.807) is 0 Å². The fourth-order valence-corrected chi connectivity index (χ4v) is 4.84. The van der Waals surface area contributed by atoms with Crippen molar-refractivity contribution in [2.24, 2.45) is 11.1 Å². The maximum Gasteiger partial charge on any atom is 0.223 e. The minimum atomic E-state index is -3.02. The fraction of sp³-hybridized carbons (Fsp3) is 0.929. The van der Waals surface area contributed by atoms with E-state index < -0.39 is 9.84 Å². The van der Waals surface area contributed by atoms with Gasteiger partial charge in [0.2, 0.25) is 5.91 Å². The Morgan fingerprint density at radius 1 is 1.38 bits per heavy atom. The summed E-state index contributed by atoms with van der Waals surface area (Å²) in [5.41, 5.74) is 5.70. The first kappa shape index (κ1) is 18.7. The van der Waals surface area contributed by atoms with E-state index in [2.05, 4.69) is 0 Å². The Hall–Kier alpha value is -0.330. The van der Waals surface area contributed by atoms with Crippen LogP contribution in [0.2, 0.25) is 0 Å². The molecule has 2 fully saturated rings. The lowest BCUT2D eigenvalue weighted by molar-refractivity contribution is -0.136. The van der Waals surface area contributed by atoms with Gasteiger partial charge >= 0.3 is 0 Å². The second-order valence-corrected chi connectivity index (χ2v) is 8.90. The van der Waals surface area contributed by atoms with Crippen molar-refractivity contribution < 1.29 is 13.2 Å². The number of sulfone groups is 1. The molecular formula is C14H27ClN2O3S. The van der Waals surface area contributed by atoms with Crippen LogP contribution in [0, 0.1) is 5.41 Å². The Morgan fingerprint density at radius 3 is 2.48 bits per heavy atom. The maximum atomic E-state index is 12.5. The van der Waals surface area contributed by atoms with Gasteiger partial charge in [-0.2, -0.15) is 0 Å². The molecule has 0 aromatic rings. The summed E-state index contributed by atoms with van der Waals surface area (Å²) in [6, 6.07) is 0.0922. The highest BCUT2D eigenvalue weighted by Gasteiger charge is 2.48. The van der Waals surface area contributed by atoms with E-state index in [0.29, 0.717) is 6.42 Å². The first-order chi connectivity index (χ1) is 9.22. The van der Waals surface area contributed by atoms with E-state index in [-0.39, 0.29) is 41.6 Å². The summed E-state index contributed by atoms with van der Waals surface area (Å²) >= 11 is 0. The van der Waals surface area contributed by atoms with Gasteiger partial charge in [0, 0.05) is 31.3 Å². The van der Waals surface area contributed by atoms with E-state index in [1.807, 2.05) is 11.8 Å². The standard InChI is InChI=1S/C14H26N2O3S.ClH/c1-11(15)12-5-3-4-8-16(12)13(17)9-14(6-7-14)10-20(2,18)19;/h11-12H,3-10,15H2,1-2H3;1H. The van der Waals surface area contributed by atoms with E-state index in [0.717, 1.165) is 38.6 Å². The summed E-state index contributed by atoms with van der Waals surface area (Å²) in [4.78, 5) is 14.4. The minimum absolute atomic E-state index is 0. The molecule has 0 spiro atoms. The molecule has 1 amide bonds. The van der Waals surface area contributed by atoms with Gasteiger partial charge in [-0.3, -0.25) is 4.79 Å². The Balaban J connectivity index is 0.00000220. The molecule has 1 saturated carbocycles. The Bertz CT molecular complexity index is 475. The number of piperidine rings is 1. The van der Waals surface area contributed by atoms with E-state index in [1.165, 1.54) is 6.26 Å². The lowest BCUT2D eigenvalue weighted by Crippen LogP contribution is -2.52. The topological polar surface area (TPSA) is 80.5 Å². The summed E-state index contributed by atoms with van der Waals surface area (Å²) < 4.78 is 22.9. The van der Waals surface area contributed by atoms with Crippen molar-refractivity contribution in [3.63, 3.8) is 0 Å². The zero-order valence-electron chi connectivity index (χ0n) is 12.9. The molecule has 124 valence electrons. The van der Waals surface area contributed by atoms with Crippen molar-refractivity contribution in [3.05, 3.63) is 0 Å². The number of hydrogen-bond acceptors (Lipinski definition) is 4. The zero-order valence-corrected chi connectivity index (χ0v) is 14.5. The molecule has 2 atom stereocenters. The monoisotopic (exact) mass is 338 g/mol. The van der Waals surface area contributed by atoms with Crippen LogP contribution in [0.5, 0.6) is 0 Å². The molecular weight excluding hydrogens is 312 g/mol. The van der Waals surface area contributed by atoms with Gasteiger partial charge in [-0.15, -0.1) is 12.4 Å². The molecule has 2 unspecified atom stereocenters. The first-order valence-electron chi connectivity index (χ1n) is 7.45. The lowest BCUT2D eigenvalue weighted by Gasteiger charge is -2.38. The minimum Gasteiger partial charge on any atom is -0.338 e. The number of rotatable bonds is 5. The van der Waals surface area contributed by atoms with Crippen LogP contribution >= 0.6 is 12.4 Å². The second kappa shape index (κ2) is 6.84. The third-order valence-electron chi connectivity index (χ3n) is 4.53. The molecule has 5 nitrogen and oxygen atoms in total. The van der Waals surface area contributed by atoms with Crippen molar-refractivity contribution in [1.82, 2.24) is 4.90 Å². The van der Waals surface area contributed by atoms with Crippen LogP contribution < -0.4 is 5.73 Å². The highest BCUT2D eigenvalue weighted by Crippen LogP contribution is 2.50. The molecule has 2 N–H and O–H groups in total. The van der Waals surface area contributed by atoms with Gasteiger partial charge < -0.3 is 10.6 Å². The van der Waals surface area contributed by atoms with E-state index in [9.17, 15) is 13.2 Å². The number of carbonyl (C=O) groups excluding carboxylic acids is 1. The van der Waals surface area contributed by atoms with Crippen LogP contribution in [-0.4, -0.2) is 49.9 Å². The average Bonchev–Trinajstić information content (AvgIpc) is 3.05. The predicted molar refractivity (Wildman–Crippen MR) is 86.2 cm³/mol. The highest BCUT2D eigenvalue weighted by molar-refractivity contribution is 7.90. The number of nitrogens with zero attached hydrogens (tertiary/aromatic N) is 1. The normalized spacial score (nSPS) is 25.9. The van der Waals surface area contributed by atoms with Crippen molar-refractivity contribution in [2.45, 2.75) is 57.5 Å². The van der Waals surface area contributed by atoms with Gasteiger partial charge in [0.15, 0.2) is 0 Å².